The van der Waals surface area contributed by atoms with E-state index in [0.29, 0.717) is 5.56 Å². The van der Waals surface area contributed by atoms with Crippen molar-refractivity contribution >= 4 is 17.6 Å². The van der Waals surface area contributed by atoms with Crippen LogP contribution in [0.2, 0.25) is 0 Å². The molecule has 3 rings (SSSR count). The largest absolute Gasteiger partial charge is 0.465 e. The number of methoxy groups -OCH3 is 1. The van der Waals surface area contributed by atoms with Crippen molar-refractivity contribution in [2.24, 2.45) is 0 Å². The molecule has 0 unspecified atom stereocenters. The van der Waals surface area contributed by atoms with E-state index in [4.69, 9.17) is 4.74 Å². The SMILES string of the molecule is COC(=O)c1ccc(/C=C(/c2ccccc2)c2ccncc2)cc1. The Morgan fingerprint density at radius 3 is 2.08 bits per heavy atom. The monoisotopic (exact) mass is 315 g/mol. The Morgan fingerprint density at radius 2 is 1.46 bits per heavy atom. The zero-order valence-electron chi connectivity index (χ0n) is 13.3. The minimum atomic E-state index is -0.331. The van der Waals surface area contributed by atoms with Gasteiger partial charge in [0.25, 0.3) is 0 Å². The first kappa shape index (κ1) is 15.7. The lowest BCUT2D eigenvalue weighted by Crippen LogP contribution is -2.00. The molecule has 0 fully saturated rings. The lowest BCUT2D eigenvalue weighted by atomic mass is 9.96. The van der Waals surface area contributed by atoms with Crippen LogP contribution in [-0.4, -0.2) is 18.1 Å². The molecule has 0 aliphatic carbocycles. The highest BCUT2D eigenvalue weighted by atomic mass is 16.5. The molecule has 3 heteroatoms. The van der Waals surface area contributed by atoms with E-state index in [1.54, 1.807) is 24.5 Å². The van der Waals surface area contributed by atoms with Crippen molar-refractivity contribution < 1.29 is 9.53 Å². The van der Waals surface area contributed by atoms with Crippen LogP contribution in [0.25, 0.3) is 11.6 Å². The lowest BCUT2D eigenvalue weighted by molar-refractivity contribution is 0.0600. The summed E-state index contributed by atoms with van der Waals surface area (Å²) in [5.41, 5.74) is 4.87. The van der Waals surface area contributed by atoms with Crippen LogP contribution in [0, 0.1) is 0 Å². The van der Waals surface area contributed by atoms with E-state index in [9.17, 15) is 4.79 Å². The number of aromatic nitrogens is 1. The highest BCUT2D eigenvalue weighted by Crippen LogP contribution is 2.25. The van der Waals surface area contributed by atoms with Crippen LogP contribution in [0.4, 0.5) is 0 Å². The first-order chi connectivity index (χ1) is 11.8. The number of nitrogens with zero attached hydrogens (tertiary/aromatic N) is 1. The Morgan fingerprint density at radius 1 is 0.833 bits per heavy atom. The molecule has 0 aliphatic heterocycles. The van der Waals surface area contributed by atoms with Gasteiger partial charge in [-0.15, -0.1) is 0 Å². The second kappa shape index (κ2) is 7.38. The Hall–Kier alpha value is -3.20. The molecule has 3 aromatic rings. The summed E-state index contributed by atoms with van der Waals surface area (Å²) in [5.74, 6) is -0.331. The number of pyridine rings is 1. The van der Waals surface area contributed by atoms with Crippen molar-refractivity contribution in [3.63, 3.8) is 0 Å². The molecule has 0 N–H and O–H groups in total. The van der Waals surface area contributed by atoms with Crippen molar-refractivity contribution in [2.45, 2.75) is 0 Å². The molecule has 1 heterocycles. The van der Waals surface area contributed by atoms with Crippen molar-refractivity contribution in [3.05, 3.63) is 101 Å². The number of carbonyl (C=O) groups excluding carboxylic acids is 1. The summed E-state index contributed by atoms with van der Waals surface area (Å²) in [5, 5.41) is 0. The standard InChI is InChI=1S/C21H17NO2/c1-24-21(23)19-9-7-16(8-10-19)15-20(17-5-3-2-4-6-17)18-11-13-22-14-12-18/h2-15H,1H3/b20-15-. The van der Waals surface area contributed by atoms with Gasteiger partial charge in [0, 0.05) is 12.4 Å². The third kappa shape index (κ3) is 3.58. The average Bonchev–Trinajstić information content (AvgIpc) is 2.67. The predicted octanol–water partition coefficient (Wildman–Crippen LogP) is 4.46. The van der Waals surface area contributed by atoms with Gasteiger partial charge in [-0.05, 0) is 52.6 Å². The van der Waals surface area contributed by atoms with E-state index in [2.05, 4.69) is 23.2 Å². The number of rotatable bonds is 4. The van der Waals surface area contributed by atoms with Crippen molar-refractivity contribution in [1.29, 1.82) is 0 Å². The van der Waals surface area contributed by atoms with E-state index in [1.165, 1.54) is 7.11 Å². The smallest absolute Gasteiger partial charge is 0.337 e. The summed E-state index contributed by atoms with van der Waals surface area (Å²) in [6.07, 6.45) is 5.67. The normalized spacial score (nSPS) is 11.1. The van der Waals surface area contributed by atoms with Crippen LogP contribution in [0.15, 0.2) is 79.1 Å². The molecule has 24 heavy (non-hydrogen) atoms. The van der Waals surface area contributed by atoms with Gasteiger partial charge in [0.1, 0.15) is 0 Å². The summed E-state index contributed by atoms with van der Waals surface area (Å²) in [6.45, 7) is 0. The fourth-order valence-corrected chi connectivity index (χ4v) is 2.48. The van der Waals surface area contributed by atoms with Crippen LogP contribution in [-0.2, 0) is 4.74 Å². The summed E-state index contributed by atoms with van der Waals surface area (Å²) < 4.78 is 4.73. The lowest BCUT2D eigenvalue weighted by Gasteiger charge is -2.09. The van der Waals surface area contributed by atoms with Crippen molar-refractivity contribution in [2.75, 3.05) is 7.11 Å². The Balaban J connectivity index is 2.02. The summed E-state index contributed by atoms with van der Waals surface area (Å²) >= 11 is 0. The maximum atomic E-state index is 11.5. The van der Waals surface area contributed by atoms with Gasteiger partial charge < -0.3 is 4.74 Å². The number of esters is 1. The molecule has 0 spiro atoms. The second-order valence-electron chi connectivity index (χ2n) is 5.27. The van der Waals surface area contributed by atoms with Gasteiger partial charge in [0.05, 0.1) is 12.7 Å². The summed E-state index contributed by atoms with van der Waals surface area (Å²) in [7, 11) is 1.38. The fraction of sp³-hybridized carbons (Fsp3) is 0.0476. The molecule has 0 aliphatic rings. The average molecular weight is 315 g/mol. The summed E-state index contributed by atoms with van der Waals surface area (Å²) in [4.78, 5) is 15.6. The molecule has 118 valence electrons. The van der Waals surface area contributed by atoms with Gasteiger partial charge in [0.2, 0.25) is 0 Å². The third-order valence-electron chi connectivity index (χ3n) is 3.72. The molecular formula is C21H17NO2. The fourth-order valence-electron chi connectivity index (χ4n) is 2.48. The van der Waals surface area contributed by atoms with E-state index in [1.807, 2.05) is 42.5 Å². The third-order valence-corrected chi connectivity index (χ3v) is 3.72. The summed E-state index contributed by atoms with van der Waals surface area (Å²) in [6, 6.07) is 21.5. The highest BCUT2D eigenvalue weighted by Gasteiger charge is 2.07. The Kier molecular flexibility index (Phi) is 4.82. The molecule has 0 bridgehead atoms. The minimum Gasteiger partial charge on any atom is -0.465 e. The molecule has 0 atom stereocenters. The van der Waals surface area contributed by atoms with Crippen molar-refractivity contribution in [1.82, 2.24) is 4.98 Å². The number of carbonyl (C=O) groups is 1. The molecular weight excluding hydrogens is 298 g/mol. The van der Waals surface area contributed by atoms with Crippen molar-refractivity contribution in [3.8, 4) is 0 Å². The quantitative estimate of drug-likeness (QED) is 0.527. The highest BCUT2D eigenvalue weighted by molar-refractivity contribution is 5.92. The van der Waals surface area contributed by atoms with Gasteiger partial charge in [0.15, 0.2) is 0 Å². The number of benzene rings is 2. The number of hydrogen-bond donors (Lipinski definition) is 0. The Labute approximate surface area is 141 Å². The molecule has 0 amide bonds. The molecule has 3 nitrogen and oxygen atoms in total. The number of ether oxygens (including phenoxy) is 1. The van der Waals surface area contributed by atoms with E-state index < -0.39 is 0 Å². The second-order valence-corrected chi connectivity index (χ2v) is 5.27. The van der Waals surface area contributed by atoms with Crippen LogP contribution in [0.5, 0.6) is 0 Å². The number of hydrogen-bond acceptors (Lipinski definition) is 3. The first-order valence-electron chi connectivity index (χ1n) is 7.64. The van der Waals surface area contributed by atoms with Crippen LogP contribution < -0.4 is 0 Å². The van der Waals surface area contributed by atoms with Crippen LogP contribution in [0.3, 0.4) is 0 Å². The molecule has 2 aromatic carbocycles. The molecule has 0 saturated carbocycles. The zero-order valence-corrected chi connectivity index (χ0v) is 13.3. The van der Waals surface area contributed by atoms with E-state index >= 15 is 0 Å². The van der Waals surface area contributed by atoms with Gasteiger partial charge in [-0.25, -0.2) is 4.79 Å². The molecule has 0 saturated heterocycles. The topological polar surface area (TPSA) is 39.2 Å². The van der Waals surface area contributed by atoms with Crippen LogP contribution in [0.1, 0.15) is 27.0 Å². The van der Waals surface area contributed by atoms with Gasteiger partial charge in [-0.3, -0.25) is 4.98 Å². The minimum absolute atomic E-state index is 0.331. The van der Waals surface area contributed by atoms with Gasteiger partial charge in [-0.1, -0.05) is 42.5 Å². The zero-order chi connectivity index (χ0) is 16.8. The molecule has 1 aromatic heterocycles. The van der Waals surface area contributed by atoms with Crippen LogP contribution >= 0.6 is 0 Å². The van der Waals surface area contributed by atoms with E-state index in [-0.39, 0.29) is 5.97 Å². The predicted molar refractivity (Wildman–Crippen MR) is 95.4 cm³/mol. The maximum Gasteiger partial charge on any atom is 0.337 e. The Bertz CT molecular complexity index is 797. The first-order valence-corrected chi connectivity index (χ1v) is 7.64. The molecule has 0 radical (unpaired) electrons. The van der Waals surface area contributed by atoms with E-state index in [0.717, 1.165) is 22.3 Å². The van der Waals surface area contributed by atoms with Gasteiger partial charge >= 0.3 is 5.97 Å². The maximum absolute atomic E-state index is 11.5. The van der Waals surface area contributed by atoms with Gasteiger partial charge in [-0.2, -0.15) is 0 Å².